The lowest BCUT2D eigenvalue weighted by Gasteiger charge is -2.21. The summed E-state index contributed by atoms with van der Waals surface area (Å²) in [7, 11) is 0. The fourth-order valence-electron chi connectivity index (χ4n) is 2.58. The Morgan fingerprint density at radius 3 is 2.90 bits per heavy atom. The Morgan fingerprint density at radius 2 is 2.14 bits per heavy atom. The first-order valence-corrected chi connectivity index (χ1v) is 7.44. The highest BCUT2D eigenvalue weighted by Gasteiger charge is 2.18. The van der Waals surface area contributed by atoms with Crippen LogP contribution in [0.4, 0.5) is 5.95 Å². The number of anilines is 1. The summed E-state index contributed by atoms with van der Waals surface area (Å²) in [4.78, 5) is 20.1. The Bertz CT molecular complexity index is 636. The number of carbonyl (C=O) groups is 1. The third-order valence-corrected chi connectivity index (χ3v) is 4.00. The molecule has 0 bridgehead atoms. The van der Waals surface area contributed by atoms with Crippen molar-refractivity contribution in [1.82, 2.24) is 19.7 Å². The summed E-state index contributed by atoms with van der Waals surface area (Å²) in [6.45, 7) is 0. The van der Waals surface area contributed by atoms with Crippen LogP contribution < -0.4 is 5.32 Å². The van der Waals surface area contributed by atoms with E-state index >= 15 is 0 Å². The molecular weight excluding hydrogens is 290 g/mol. The van der Waals surface area contributed by atoms with Crippen LogP contribution in [0.2, 0.25) is 5.02 Å². The minimum Gasteiger partial charge on any atom is -0.289 e. The normalized spacial score (nSPS) is 15.9. The summed E-state index contributed by atoms with van der Waals surface area (Å²) < 4.78 is 1.85. The van der Waals surface area contributed by atoms with E-state index in [9.17, 15) is 4.79 Å². The molecule has 2 heterocycles. The first-order valence-electron chi connectivity index (χ1n) is 7.06. The van der Waals surface area contributed by atoms with Gasteiger partial charge in [-0.25, -0.2) is 9.67 Å². The zero-order valence-corrected chi connectivity index (χ0v) is 12.3. The van der Waals surface area contributed by atoms with Gasteiger partial charge in [0.05, 0.1) is 16.6 Å². The number of aromatic nitrogens is 4. The minimum atomic E-state index is -0.330. The molecule has 1 aliphatic carbocycles. The van der Waals surface area contributed by atoms with Crippen LogP contribution in [-0.4, -0.2) is 25.7 Å². The maximum atomic E-state index is 12.1. The van der Waals surface area contributed by atoms with Gasteiger partial charge in [-0.2, -0.15) is 0 Å². The minimum absolute atomic E-state index is 0.304. The van der Waals surface area contributed by atoms with Crippen molar-refractivity contribution in [3.05, 3.63) is 35.4 Å². The maximum absolute atomic E-state index is 12.1. The Balaban J connectivity index is 1.69. The van der Waals surface area contributed by atoms with Crippen LogP contribution in [0.1, 0.15) is 48.5 Å². The standard InChI is InChI=1S/C14H16ClN5O/c15-12-8-16-7-6-11(12)13(21)18-14-17-9-20(19-14)10-4-2-1-3-5-10/h6-10H,1-5H2,(H,18,19,21). The third kappa shape index (κ3) is 3.21. The Morgan fingerprint density at radius 1 is 1.33 bits per heavy atom. The number of pyridine rings is 1. The maximum Gasteiger partial charge on any atom is 0.259 e. The van der Waals surface area contributed by atoms with E-state index in [-0.39, 0.29) is 5.91 Å². The van der Waals surface area contributed by atoms with Crippen LogP contribution in [0.3, 0.4) is 0 Å². The summed E-state index contributed by atoms with van der Waals surface area (Å²) in [5, 5.41) is 7.32. The van der Waals surface area contributed by atoms with E-state index in [1.807, 2.05) is 4.68 Å². The zero-order valence-electron chi connectivity index (χ0n) is 11.5. The quantitative estimate of drug-likeness (QED) is 0.945. The van der Waals surface area contributed by atoms with E-state index in [1.54, 1.807) is 12.4 Å². The van der Waals surface area contributed by atoms with Crippen molar-refractivity contribution in [2.75, 3.05) is 5.32 Å². The second-order valence-corrected chi connectivity index (χ2v) is 5.56. The number of amides is 1. The molecule has 0 saturated heterocycles. The molecule has 110 valence electrons. The molecule has 6 nitrogen and oxygen atoms in total. The van der Waals surface area contributed by atoms with Gasteiger partial charge in [-0.05, 0) is 18.9 Å². The number of nitrogens with one attached hydrogen (secondary N) is 1. The van der Waals surface area contributed by atoms with Crippen molar-refractivity contribution in [3.63, 3.8) is 0 Å². The molecule has 2 aromatic rings. The van der Waals surface area contributed by atoms with E-state index in [2.05, 4.69) is 20.4 Å². The first kappa shape index (κ1) is 14.0. The molecule has 1 aliphatic rings. The van der Waals surface area contributed by atoms with Gasteiger partial charge >= 0.3 is 0 Å². The summed E-state index contributed by atoms with van der Waals surface area (Å²) in [6.07, 6.45) is 10.6. The van der Waals surface area contributed by atoms with Gasteiger partial charge in [0.15, 0.2) is 0 Å². The van der Waals surface area contributed by atoms with Crippen molar-refractivity contribution in [3.8, 4) is 0 Å². The van der Waals surface area contributed by atoms with Crippen LogP contribution in [0.5, 0.6) is 0 Å². The van der Waals surface area contributed by atoms with Gasteiger partial charge in [-0.15, -0.1) is 5.10 Å². The summed E-state index contributed by atoms with van der Waals surface area (Å²) in [5.74, 6) is -0.0257. The first-order chi connectivity index (χ1) is 10.2. The van der Waals surface area contributed by atoms with E-state index in [4.69, 9.17) is 11.6 Å². The second-order valence-electron chi connectivity index (χ2n) is 5.15. The lowest BCUT2D eigenvalue weighted by atomic mass is 9.96. The largest absolute Gasteiger partial charge is 0.289 e. The van der Waals surface area contributed by atoms with Gasteiger partial charge < -0.3 is 0 Å². The van der Waals surface area contributed by atoms with Crippen molar-refractivity contribution in [1.29, 1.82) is 0 Å². The second kappa shape index (κ2) is 6.22. The fourth-order valence-corrected chi connectivity index (χ4v) is 2.79. The molecule has 7 heteroatoms. The van der Waals surface area contributed by atoms with Crippen molar-refractivity contribution in [2.24, 2.45) is 0 Å². The summed E-state index contributed by atoms with van der Waals surface area (Å²) >= 11 is 5.94. The zero-order chi connectivity index (χ0) is 14.7. The van der Waals surface area contributed by atoms with Crippen LogP contribution in [0.25, 0.3) is 0 Å². The summed E-state index contributed by atoms with van der Waals surface area (Å²) in [6, 6.07) is 1.96. The Hall–Kier alpha value is -1.95. The molecule has 1 saturated carbocycles. The topological polar surface area (TPSA) is 72.7 Å². The van der Waals surface area contributed by atoms with E-state index in [1.165, 1.54) is 31.7 Å². The molecule has 0 aliphatic heterocycles. The average Bonchev–Trinajstić information content (AvgIpc) is 2.97. The van der Waals surface area contributed by atoms with Crippen LogP contribution >= 0.6 is 11.6 Å². The lowest BCUT2D eigenvalue weighted by molar-refractivity contribution is 0.102. The van der Waals surface area contributed by atoms with Gasteiger partial charge in [0.25, 0.3) is 5.91 Å². The van der Waals surface area contributed by atoms with Gasteiger partial charge in [-0.1, -0.05) is 30.9 Å². The number of halogens is 1. The fraction of sp³-hybridized carbons (Fsp3) is 0.429. The van der Waals surface area contributed by atoms with Gasteiger partial charge in [0.1, 0.15) is 6.33 Å². The van der Waals surface area contributed by atoms with E-state index < -0.39 is 0 Å². The molecule has 2 aromatic heterocycles. The molecule has 1 amide bonds. The molecular formula is C14H16ClN5O. The van der Waals surface area contributed by atoms with Crippen molar-refractivity contribution >= 4 is 23.5 Å². The number of carbonyl (C=O) groups excluding carboxylic acids is 1. The van der Waals surface area contributed by atoms with E-state index in [0.717, 1.165) is 12.8 Å². The van der Waals surface area contributed by atoms with Crippen molar-refractivity contribution in [2.45, 2.75) is 38.1 Å². The highest BCUT2D eigenvalue weighted by atomic mass is 35.5. The number of hydrogen-bond acceptors (Lipinski definition) is 4. The third-order valence-electron chi connectivity index (χ3n) is 3.70. The van der Waals surface area contributed by atoms with Crippen LogP contribution in [0.15, 0.2) is 24.8 Å². The average molecular weight is 306 g/mol. The molecule has 0 unspecified atom stereocenters. The molecule has 0 aromatic carbocycles. The molecule has 0 atom stereocenters. The SMILES string of the molecule is O=C(Nc1ncn(C2CCCCC2)n1)c1ccncc1Cl. The molecule has 21 heavy (non-hydrogen) atoms. The predicted molar refractivity (Wildman–Crippen MR) is 79.3 cm³/mol. The molecule has 0 spiro atoms. The number of nitrogens with zero attached hydrogens (tertiary/aromatic N) is 4. The van der Waals surface area contributed by atoms with Gasteiger partial charge in [0, 0.05) is 12.4 Å². The predicted octanol–water partition coefficient (Wildman–Crippen LogP) is 3.08. The van der Waals surface area contributed by atoms with Crippen molar-refractivity contribution < 1.29 is 4.79 Å². The highest BCUT2D eigenvalue weighted by Crippen LogP contribution is 2.27. The molecule has 1 N–H and O–H groups in total. The Labute approximate surface area is 127 Å². The highest BCUT2D eigenvalue weighted by molar-refractivity contribution is 6.34. The number of rotatable bonds is 3. The summed E-state index contributed by atoms with van der Waals surface area (Å²) in [5.41, 5.74) is 0.362. The monoisotopic (exact) mass is 305 g/mol. The molecule has 3 rings (SSSR count). The number of hydrogen-bond donors (Lipinski definition) is 1. The smallest absolute Gasteiger partial charge is 0.259 e. The molecule has 0 radical (unpaired) electrons. The van der Waals surface area contributed by atoms with Crippen LogP contribution in [-0.2, 0) is 0 Å². The van der Waals surface area contributed by atoms with Gasteiger partial charge in [0.2, 0.25) is 5.95 Å². The van der Waals surface area contributed by atoms with Gasteiger partial charge in [-0.3, -0.25) is 15.1 Å². The lowest BCUT2D eigenvalue weighted by Crippen LogP contribution is -2.16. The molecule has 1 fully saturated rings. The Kier molecular flexibility index (Phi) is 4.15. The van der Waals surface area contributed by atoms with E-state index in [0.29, 0.717) is 22.6 Å². The van der Waals surface area contributed by atoms with Crippen LogP contribution in [0, 0.1) is 0 Å².